The summed E-state index contributed by atoms with van der Waals surface area (Å²) in [7, 11) is 1.69. The van der Waals surface area contributed by atoms with Crippen molar-refractivity contribution in [3.8, 4) is 5.75 Å². The van der Waals surface area contributed by atoms with Gasteiger partial charge in [-0.05, 0) is 30.3 Å². The molecular formula is C24H27N5O3. The van der Waals surface area contributed by atoms with Crippen LogP contribution >= 0.6 is 0 Å². The fraction of sp³-hybridized carbons (Fsp3) is 0.375. The molecule has 0 aliphatic carbocycles. The molecule has 3 aromatic rings. The molecule has 166 valence electrons. The third kappa shape index (κ3) is 3.93. The van der Waals surface area contributed by atoms with E-state index in [-0.39, 0.29) is 5.91 Å². The Hall–Kier alpha value is -3.39. The molecule has 8 nitrogen and oxygen atoms in total. The molecule has 2 aliphatic rings. The van der Waals surface area contributed by atoms with Crippen molar-refractivity contribution in [2.75, 3.05) is 69.4 Å². The molecule has 2 fully saturated rings. The summed E-state index contributed by atoms with van der Waals surface area (Å²) in [4.78, 5) is 28.6. The van der Waals surface area contributed by atoms with Gasteiger partial charge in [0.15, 0.2) is 0 Å². The summed E-state index contributed by atoms with van der Waals surface area (Å²) >= 11 is 0. The quantitative estimate of drug-likeness (QED) is 0.626. The molecule has 1 amide bonds. The van der Waals surface area contributed by atoms with Gasteiger partial charge in [0.25, 0.3) is 5.91 Å². The lowest BCUT2D eigenvalue weighted by atomic mass is 10.1. The normalized spacial score (nSPS) is 17.0. The Morgan fingerprint density at radius 3 is 2.50 bits per heavy atom. The van der Waals surface area contributed by atoms with E-state index in [1.54, 1.807) is 13.4 Å². The monoisotopic (exact) mass is 433 g/mol. The summed E-state index contributed by atoms with van der Waals surface area (Å²) in [5.74, 6) is 1.77. The number of nitrogens with zero attached hydrogens (tertiary/aromatic N) is 5. The number of piperazine rings is 1. The van der Waals surface area contributed by atoms with Gasteiger partial charge in [-0.1, -0.05) is 12.1 Å². The first-order valence-corrected chi connectivity index (χ1v) is 11.0. The Morgan fingerprint density at radius 1 is 0.938 bits per heavy atom. The molecule has 0 bridgehead atoms. The number of anilines is 2. The lowest BCUT2D eigenvalue weighted by Gasteiger charge is -2.36. The molecule has 0 atom stereocenters. The molecule has 8 heteroatoms. The predicted molar refractivity (Wildman–Crippen MR) is 124 cm³/mol. The summed E-state index contributed by atoms with van der Waals surface area (Å²) in [5.41, 5.74) is 2.59. The van der Waals surface area contributed by atoms with Crippen LogP contribution in [0.2, 0.25) is 0 Å². The molecular weight excluding hydrogens is 406 g/mol. The van der Waals surface area contributed by atoms with E-state index >= 15 is 0 Å². The number of aromatic nitrogens is 2. The Balaban J connectivity index is 1.34. The molecule has 5 rings (SSSR count). The van der Waals surface area contributed by atoms with Crippen LogP contribution < -0.4 is 14.5 Å². The number of rotatable bonds is 4. The van der Waals surface area contributed by atoms with Crippen molar-refractivity contribution in [2.24, 2.45) is 0 Å². The molecule has 2 aliphatic heterocycles. The first-order chi connectivity index (χ1) is 15.7. The Labute approximate surface area is 187 Å². The number of fused-ring (bicyclic) bond motifs is 1. The summed E-state index contributed by atoms with van der Waals surface area (Å²) in [6.07, 6.45) is 1.59. The van der Waals surface area contributed by atoms with Crippen LogP contribution in [0.15, 0.2) is 48.8 Å². The zero-order valence-electron chi connectivity index (χ0n) is 18.2. The smallest absolute Gasteiger partial charge is 0.254 e. The highest BCUT2D eigenvalue weighted by molar-refractivity contribution is 6.00. The largest absolute Gasteiger partial charge is 0.495 e. The van der Waals surface area contributed by atoms with Gasteiger partial charge in [-0.3, -0.25) is 4.79 Å². The third-order valence-electron chi connectivity index (χ3n) is 6.16. The molecule has 0 radical (unpaired) electrons. The molecule has 3 heterocycles. The lowest BCUT2D eigenvalue weighted by Crippen LogP contribution is -2.48. The number of carbonyl (C=O) groups is 1. The van der Waals surface area contributed by atoms with Gasteiger partial charge in [0.2, 0.25) is 0 Å². The maximum absolute atomic E-state index is 13.3. The highest BCUT2D eigenvalue weighted by Gasteiger charge is 2.24. The summed E-state index contributed by atoms with van der Waals surface area (Å²) in [6.45, 7) is 5.79. The van der Waals surface area contributed by atoms with Gasteiger partial charge in [-0.25, -0.2) is 9.97 Å². The van der Waals surface area contributed by atoms with Gasteiger partial charge >= 0.3 is 0 Å². The number of hydrogen-bond acceptors (Lipinski definition) is 7. The molecule has 0 N–H and O–H groups in total. The van der Waals surface area contributed by atoms with E-state index in [1.807, 2.05) is 41.3 Å². The number of methoxy groups -OCH3 is 1. The fourth-order valence-corrected chi connectivity index (χ4v) is 4.43. The fourth-order valence-electron chi connectivity index (χ4n) is 4.43. The first-order valence-electron chi connectivity index (χ1n) is 11.0. The van der Waals surface area contributed by atoms with E-state index in [4.69, 9.17) is 9.47 Å². The van der Waals surface area contributed by atoms with Crippen LogP contribution in [0.1, 0.15) is 10.4 Å². The van der Waals surface area contributed by atoms with Crippen LogP contribution in [-0.4, -0.2) is 80.4 Å². The first kappa shape index (κ1) is 20.5. The van der Waals surface area contributed by atoms with Crippen LogP contribution in [-0.2, 0) is 4.74 Å². The van der Waals surface area contributed by atoms with E-state index in [0.29, 0.717) is 31.9 Å². The average Bonchev–Trinajstić information content (AvgIpc) is 2.88. The molecule has 2 saturated heterocycles. The summed E-state index contributed by atoms with van der Waals surface area (Å²) in [6, 6.07) is 13.7. The van der Waals surface area contributed by atoms with Crippen molar-refractivity contribution in [2.45, 2.75) is 0 Å². The molecule has 0 unspecified atom stereocenters. The minimum Gasteiger partial charge on any atom is -0.495 e. The summed E-state index contributed by atoms with van der Waals surface area (Å²) < 4.78 is 11.0. The molecule has 2 aromatic carbocycles. The maximum atomic E-state index is 13.3. The molecule has 1 aromatic heterocycles. The second-order valence-electron chi connectivity index (χ2n) is 7.98. The topological polar surface area (TPSA) is 71.0 Å². The standard InChI is InChI=1S/C24H27N5O3/c1-31-22-5-3-2-4-21(22)27-8-10-29(11-9-27)24(30)18-6-7-20-19(16-18)23(26-17-25-20)28-12-14-32-15-13-28/h2-7,16-17H,8-15H2,1H3. The van der Waals surface area contributed by atoms with Crippen molar-refractivity contribution >= 4 is 28.3 Å². The van der Waals surface area contributed by atoms with Crippen molar-refractivity contribution in [1.82, 2.24) is 14.9 Å². The highest BCUT2D eigenvalue weighted by atomic mass is 16.5. The number of morpholine rings is 1. The number of carbonyl (C=O) groups excluding carboxylic acids is 1. The van der Waals surface area contributed by atoms with Gasteiger partial charge in [0, 0.05) is 50.2 Å². The van der Waals surface area contributed by atoms with Gasteiger partial charge in [-0.15, -0.1) is 0 Å². The zero-order chi connectivity index (χ0) is 21.9. The van der Waals surface area contributed by atoms with Crippen LogP contribution in [0, 0.1) is 0 Å². The zero-order valence-corrected chi connectivity index (χ0v) is 18.2. The predicted octanol–water partition coefficient (Wildman–Crippen LogP) is 2.44. The molecule has 32 heavy (non-hydrogen) atoms. The second kappa shape index (κ2) is 9.00. The van der Waals surface area contributed by atoms with Gasteiger partial charge in [0.1, 0.15) is 17.9 Å². The van der Waals surface area contributed by atoms with Crippen molar-refractivity contribution in [1.29, 1.82) is 0 Å². The van der Waals surface area contributed by atoms with Crippen molar-refractivity contribution in [3.63, 3.8) is 0 Å². The minimum absolute atomic E-state index is 0.0448. The lowest BCUT2D eigenvalue weighted by molar-refractivity contribution is 0.0747. The number of benzene rings is 2. The Kier molecular flexibility index (Phi) is 5.77. The third-order valence-corrected chi connectivity index (χ3v) is 6.16. The number of para-hydroxylation sites is 2. The van der Waals surface area contributed by atoms with E-state index < -0.39 is 0 Å². The van der Waals surface area contributed by atoms with E-state index in [2.05, 4.69) is 25.8 Å². The van der Waals surface area contributed by atoms with E-state index in [0.717, 1.165) is 54.3 Å². The van der Waals surface area contributed by atoms with Gasteiger partial charge in [-0.2, -0.15) is 0 Å². The average molecular weight is 434 g/mol. The maximum Gasteiger partial charge on any atom is 0.254 e. The Bertz CT molecular complexity index is 1110. The highest BCUT2D eigenvalue weighted by Crippen LogP contribution is 2.29. The van der Waals surface area contributed by atoms with E-state index in [9.17, 15) is 4.79 Å². The van der Waals surface area contributed by atoms with Crippen LogP contribution in [0.4, 0.5) is 11.5 Å². The minimum atomic E-state index is 0.0448. The number of hydrogen-bond donors (Lipinski definition) is 0. The van der Waals surface area contributed by atoms with Crippen molar-refractivity contribution < 1.29 is 14.3 Å². The van der Waals surface area contributed by atoms with Crippen LogP contribution in [0.3, 0.4) is 0 Å². The molecule has 0 saturated carbocycles. The summed E-state index contributed by atoms with van der Waals surface area (Å²) in [5, 5.41) is 0.910. The van der Waals surface area contributed by atoms with Gasteiger partial charge < -0.3 is 24.2 Å². The Morgan fingerprint density at radius 2 is 1.72 bits per heavy atom. The second-order valence-corrected chi connectivity index (χ2v) is 7.98. The van der Waals surface area contributed by atoms with Crippen LogP contribution in [0.5, 0.6) is 5.75 Å². The van der Waals surface area contributed by atoms with E-state index in [1.165, 1.54) is 0 Å². The number of amides is 1. The SMILES string of the molecule is COc1ccccc1N1CCN(C(=O)c2ccc3ncnc(N4CCOCC4)c3c2)CC1. The van der Waals surface area contributed by atoms with Crippen LogP contribution in [0.25, 0.3) is 10.9 Å². The molecule has 0 spiro atoms. The van der Waals surface area contributed by atoms with Gasteiger partial charge in [0.05, 0.1) is 31.5 Å². The van der Waals surface area contributed by atoms with Crippen molar-refractivity contribution in [3.05, 3.63) is 54.4 Å². The number of ether oxygens (including phenoxy) is 2.